The van der Waals surface area contributed by atoms with Gasteiger partial charge in [0.05, 0.1) is 10.8 Å². The van der Waals surface area contributed by atoms with Crippen molar-refractivity contribution in [3.8, 4) is 0 Å². The molecule has 0 spiro atoms. The second-order valence-electron chi connectivity index (χ2n) is 7.04. The number of nitrogens with zero attached hydrogens (tertiary/aromatic N) is 1. The summed E-state index contributed by atoms with van der Waals surface area (Å²) in [7, 11) is 1.78. The Morgan fingerprint density at radius 3 is 1.68 bits per heavy atom. The minimum absolute atomic E-state index is 0.273. The molecule has 0 heterocycles. The maximum Gasteiger partial charge on any atom is 0.170 e. The van der Waals surface area contributed by atoms with Gasteiger partial charge in [0.2, 0.25) is 0 Å². The van der Waals surface area contributed by atoms with Gasteiger partial charge in [-0.2, -0.15) is 0 Å². The van der Waals surface area contributed by atoms with E-state index in [-0.39, 0.29) is 17.3 Å². The molecule has 0 N–H and O–H groups in total. The molecule has 0 unspecified atom stereocenters. The summed E-state index contributed by atoms with van der Waals surface area (Å²) in [5, 5.41) is 0. The number of ketones is 3. The van der Waals surface area contributed by atoms with Crippen molar-refractivity contribution in [2.75, 3.05) is 13.6 Å². The van der Waals surface area contributed by atoms with Crippen LogP contribution in [0.1, 0.15) is 41.5 Å². The monoisotopic (exact) mass is 267 g/mol. The Labute approximate surface area is 115 Å². The van der Waals surface area contributed by atoms with Crippen molar-refractivity contribution in [1.82, 2.24) is 4.90 Å². The number of hydrogen-bond donors (Lipinski definition) is 0. The predicted molar refractivity (Wildman–Crippen MR) is 73.8 cm³/mol. The number of rotatable bonds is 3. The summed E-state index contributed by atoms with van der Waals surface area (Å²) in [5.41, 5.74) is -2.18. The summed E-state index contributed by atoms with van der Waals surface area (Å²) in [6.07, 6.45) is 0. The van der Waals surface area contributed by atoms with Gasteiger partial charge in [0, 0.05) is 6.54 Å². The first-order valence-electron chi connectivity index (χ1n) is 6.77. The van der Waals surface area contributed by atoms with Gasteiger partial charge in [-0.15, -0.1) is 0 Å². The van der Waals surface area contributed by atoms with Crippen molar-refractivity contribution >= 4 is 17.3 Å². The molecule has 1 aliphatic rings. The van der Waals surface area contributed by atoms with E-state index in [1.165, 1.54) is 0 Å². The largest absolute Gasteiger partial charge is 0.297 e. The van der Waals surface area contributed by atoms with Crippen molar-refractivity contribution < 1.29 is 14.4 Å². The van der Waals surface area contributed by atoms with Gasteiger partial charge in [0.15, 0.2) is 17.3 Å². The minimum Gasteiger partial charge on any atom is -0.297 e. The Hall–Kier alpha value is -1.03. The molecule has 0 radical (unpaired) electrons. The van der Waals surface area contributed by atoms with Crippen LogP contribution >= 0.6 is 0 Å². The Morgan fingerprint density at radius 1 is 1.00 bits per heavy atom. The minimum atomic E-state index is -1.09. The molecule has 1 fully saturated rings. The fourth-order valence-electron chi connectivity index (χ4n) is 2.89. The van der Waals surface area contributed by atoms with E-state index in [1.807, 2.05) is 13.8 Å². The number of Topliss-reactive ketones (excluding diaryl/α,β-unsaturated/α-hetero) is 3. The van der Waals surface area contributed by atoms with Crippen LogP contribution in [-0.4, -0.2) is 41.9 Å². The lowest BCUT2D eigenvalue weighted by molar-refractivity contribution is -0.161. The Balaban J connectivity index is 3.21. The molecule has 0 atom stereocenters. The van der Waals surface area contributed by atoms with E-state index < -0.39 is 16.9 Å². The third kappa shape index (κ3) is 2.50. The van der Waals surface area contributed by atoms with Crippen molar-refractivity contribution in [3.63, 3.8) is 0 Å². The van der Waals surface area contributed by atoms with E-state index >= 15 is 0 Å². The molecule has 0 aromatic heterocycles. The van der Waals surface area contributed by atoms with Gasteiger partial charge in [-0.3, -0.25) is 19.3 Å². The molecule has 1 aliphatic carbocycles. The molecule has 4 heteroatoms. The molecule has 4 nitrogen and oxygen atoms in total. The lowest BCUT2D eigenvalue weighted by Gasteiger charge is -2.43. The summed E-state index contributed by atoms with van der Waals surface area (Å²) in [4.78, 5) is 39.1. The average molecular weight is 267 g/mol. The van der Waals surface area contributed by atoms with Crippen molar-refractivity contribution in [2.45, 2.75) is 47.6 Å². The molecule has 0 aliphatic heterocycles. The molecule has 1 saturated carbocycles. The Bertz CT molecular complexity index is 391. The normalized spacial score (nSPS) is 23.5. The summed E-state index contributed by atoms with van der Waals surface area (Å²) in [5.74, 6) is -0.464. The van der Waals surface area contributed by atoms with Gasteiger partial charge in [0.25, 0.3) is 0 Å². The number of likely N-dealkylation sites (N-methyl/N-ethyl adjacent to an activating group) is 1. The average Bonchev–Trinajstić information content (AvgIpc) is 2.25. The molecule has 0 amide bonds. The van der Waals surface area contributed by atoms with E-state index in [1.54, 1.807) is 39.6 Å². The first-order chi connectivity index (χ1) is 8.44. The van der Waals surface area contributed by atoms with E-state index in [9.17, 15) is 14.4 Å². The van der Waals surface area contributed by atoms with Crippen LogP contribution in [0.5, 0.6) is 0 Å². The number of carbonyl (C=O) groups is 3. The van der Waals surface area contributed by atoms with Crippen LogP contribution in [0.3, 0.4) is 0 Å². The van der Waals surface area contributed by atoms with E-state index in [0.29, 0.717) is 12.5 Å². The van der Waals surface area contributed by atoms with Crippen LogP contribution in [-0.2, 0) is 14.4 Å². The summed E-state index contributed by atoms with van der Waals surface area (Å²) in [6.45, 7) is 11.2. The molecule has 0 saturated heterocycles. The maximum atomic E-state index is 12.5. The highest BCUT2D eigenvalue weighted by atomic mass is 16.2. The standard InChI is InChI=1S/C15H25NO3/c1-9(2)8-16(7)10-11(17)14(3,4)13(19)15(5,6)12(10)18/h9-10H,8H2,1-7H3. The highest BCUT2D eigenvalue weighted by Gasteiger charge is 2.58. The fourth-order valence-corrected chi connectivity index (χ4v) is 2.89. The third-order valence-electron chi connectivity index (χ3n) is 3.96. The first-order valence-corrected chi connectivity index (χ1v) is 6.77. The van der Waals surface area contributed by atoms with Crippen molar-refractivity contribution in [3.05, 3.63) is 0 Å². The summed E-state index contributed by atoms with van der Waals surface area (Å²) < 4.78 is 0. The molecule has 1 rings (SSSR count). The zero-order valence-electron chi connectivity index (χ0n) is 13.0. The van der Waals surface area contributed by atoms with Crippen LogP contribution < -0.4 is 0 Å². The predicted octanol–water partition coefficient (Wildman–Crippen LogP) is 1.72. The lowest BCUT2D eigenvalue weighted by Crippen LogP contribution is -2.64. The number of carbonyl (C=O) groups excluding carboxylic acids is 3. The van der Waals surface area contributed by atoms with Crippen LogP contribution in [0.2, 0.25) is 0 Å². The highest BCUT2D eigenvalue weighted by molar-refractivity contribution is 6.30. The fraction of sp³-hybridized carbons (Fsp3) is 0.800. The summed E-state index contributed by atoms with van der Waals surface area (Å²) in [6, 6.07) is -0.801. The third-order valence-corrected chi connectivity index (χ3v) is 3.96. The van der Waals surface area contributed by atoms with Gasteiger partial charge >= 0.3 is 0 Å². The van der Waals surface area contributed by atoms with E-state index in [0.717, 1.165) is 0 Å². The van der Waals surface area contributed by atoms with Gasteiger partial charge in [-0.25, -0.2) is 0 Å². The van der Waals surface area contributed by atoms with Crippen LogP contribution in [0.25, 0.3) is 0 Å². The molecule has 0 aromatic rings. The molecular weight excluding hydrogens is 242 g/mol. The Kier molecular flexibility index (Phi) is 4.06. The van der Waals surface area contributed by atoms with Gasteiger partial charge in [0.1, 0.15) is 6.04 Å². The summed E-state index contributed by atoms with van der Waals surface area (Å²) >= 11 is 0. The smallest absolute Gasteiger partial charge is 0.170 e. The van der Waals surface area contributed by atoms with Crippen LogP contribution in [0.15, 0.2) is 0 Å². The van der Waals surface area contributed by atoms with Gasteiger partial charge in [-0.05, 0) is 40.7 Å². The quantitative estimate of drug-likeness (QED) is 0.731. The Morgan fingerprint density at radius 2 is 1.37 bits per heavy atom. The number of hydrogen-bond acceptors (Lipinski definition) is 4. The van der Waals surface area contributed by atoms with E-state index in [4.69, 9.17) is 0 Å². The van der Waals surface area contributed by atoms with Gasteiger partial charge < -0.3 is 0 Å². The van der Waals surface area contributed by atoms with Crippen molar-refractivity contribution in [1.29, 1.82) is 0 Å². The molecule has 0 aromatic carbocycles. The SMILES string of the molecule is CC(C)CN(C)C1C(=O)C(C)(C)C(=O)C(C)(C)C1=O. The molecule has 0 bridgehead atoms. The van der Waals surface area contributed by atoms with Crippen molar-refractivity contribution in [2.24, 2.45) is 16.7 Å². The molecular formula is C15H25NO3. The molecule has 108 valence electrons. The zero-order valence-corrected chi connectivity index (χ0v) is 13.0. The van der Waals surface area contributed by atoms with E-state index in [2.05, 4.69) is 0 Å². The topological polar surface area (TPSA) is 54.5 Å². The second kappa shape index (κ2) is 4.82. The van der Waals surface area contributed by atoms with Gasteiger partial charge in [-0.1, -0.05) is 13.8 Å². The highest BCUT2D eigenvalue weighted by Crippen LogP contribution is 2.39. The zero-order chi connectivity index (χ0) is 15.2. The molecule has 19 heavy (non-hydrogen) atoms. The van der Waals surface area contributed by atoms with Crippen LogP contribution in [0, 0.1) is 16.7 Å². The second-order valence-corrected chi connectivity index (χ2v) is 7.04. The first kappa shape index (κ1) is 16.0. The maximum absolute atomic E-state index is 12.5. The van der Waals surface area contributed by atoms with Crippen LogP contribution in [0.4, 0.5) is 0 Å². The lowest BCUT2D eigenvalue weighted by atomic mass is 9.60.